The van der Waals surface area contributed by atoms with Crippen LogP contribution in [-0.2, 0) is 0 Å². The van der Waals surface area contributed by atoms with Gasteiger partial charge < -0.3 is 5.32 Å². The van der Waals surface area contributed by atoms with Gasteiger partial charge in [-0.25, -0.2) is 14.5 Å². The highest BCUT2D eigenvalue weighted by Gasteiger charge is 2.19. The summed E-state index contributed by atoms with van der Waals surface area (Å²) in [6.07, 6.45) is 1.85. The van der Waals surface area contributed by atoms with Crippen molar-refractivity contribution in [1.82, 2.24) is 19.6 Å². The molecule has 3 heterocycles. The molecule has 0 aliphatic carbocycles. The quantitative estimate of drug-likeness (QED) is 0.540. The van der Waals surface area contributed by atoms with Gasteiger partial charge in [-0.2, -0.15) is 10.4 Å². The Labute approximate surface area is 161 Å². The Morgan fingerprint density at radius 1 is 1.11 bits per heavy atom. The maximum Gasteiger partial charge on any atom is 0.165 e. The SMILES string of the molecule is CNc1ccn2nc(-c3cccc(C#N)c3)c(-c3cc(C)nc(Cl)c3)c2n1. The maximum absolute atomic E-state index is 9.25. The van der Waals surface area contributed by atoms with Crippen LogP contribution in [0.15, 0.2) is 48.7 Å². The zero-order chi connectivity index (χ0) is 19.0. The van der Waals surface area contributed by atoms with Crippen molar-refractivity contribution in [3.63, 3.8) is 0 Å². The van der Waals surface area contributed by atoms with Gasteiger partial charge in [0.25, 0.3) is 0 Å². The van der Waals surface area contributed by atoms with Crippen molar-refractivity contribution < 1.29 is 0 Å². The lowest BCUT2D eigenvalue weighted by Crippen LogP contribution is -1.96. The van der Waals surface area contributed by atoms with Gasteiger partial charge in [0, 0.05) is 24.5 Å². The van der Waals surface area contributed by atoms with Gasteiger partial charge in [-0.3, -0.25) is 0 Å². The standard InChI is InChI=1S/C20H15ClN6/c1-12-8-15(10-16(21)24-12)18-19(14-5-3-4-13(9-14)11-22)26-27-7-6-17(23-2)25-20(18)27/h3-10H,1-2H3,(H,23,25). The largest absolute Gasteiger partial charge is 0.373 e. The van der Waals surface area contributed by atoms with Crippen molar-refractivity contribution in [3.8, 4) is 28.5 Å². The second kappa shape index (κ2) is 6.71. The molecule has 27 heavy (non-hydrogen) atoms. The number of benzene rings is 1. The van der Waals surface area contributed by atoms with Crippen LogP contribution in [0, 0.1) is 18.3 Å². The van der Waals surface area contributed by atoms with Crippen LogP contribution in [0.1, 0.15) is 11.3 Å². The minimum absolute atomic E-state index is 0.408. The molecule has 7 heteroatoms. The number of fused-ring (bicyclic) bond motifs is 1. The number of nitriles is 1. The fourth-order valence-electron chi connectivity index (χ4n) is 3.04. The Kier molecular flexibility index (Phi) is 4.22. The molecule has 3 aromatic heterocycles. The van der Waals surface area contributed by atoms with Crippen LogP contribution in [-0.4, -0.2) is 26.6 Å². The summed E-state index contributed by atoms with van der Waals surface area (Å²) >= 11 is 6.21. The van der Waals surface area contributed by atoms with Gasteiger partial charge >= 0.3 is 0 Å². The molecule has 0 saturated heterocycles. The number of hydrogen-bond donors (Lipinski definition) is 1. The molecule has 4 rings (SSSR count). The summed E-state index contributed by atoms with van der Waals surface area (Å²) in [5, 5.41) is 17.4. The van der Waals surface area contributed by atoms with Crippen LogP contribution in [0.25, 0.3) is 28.0 Å². The molecule has 6 nitrogen and oxygen atoms in total. The van der Waals surface area contributed by atoms with Crippen molar-refractivity contribution in [2.45, 2.75) is 6.92 Å². The summed E-state index contributed by atoms with van der Waals surface area (Å²) < 4.78 is 1.73. The van der Waals surface area contributed by atoms with E-state index < -0.39 is 0 Å². The van der Waals surface area contributed by atoms with E-state index in [1.807, 2.05) is 50.5 Å². The van der Waals surface area contributed by atoms with E-state index >= 15 is 0 Å². The normalized spacial score (nSPS) is 10.7. The monoisotopic (exact) mass is 374 g/mol. The van der Waals surface area contributed by atoms with E-state index in [1.54, 1.807) is 16.6 Å². The molecule has 0 bridgehead atoms. The molecule has 0 aliphatic rings. The third-order valence-corrected chi connectivity index (χ3v) is 4.41. The first-order chi connectivity index (χ1) is 13.1. The summed E-state index contributed by atoms with van der Waals surface area (Å²) in [6.45, 7) is 1.89. The number of aromatic nitrogens is 4. The van der Waals surface area contributed by atoms with Crippen LogP contribution >= 0.6 is 11.6 Å². The lowest BCUT2D eigenvalue weighted by molar-refractivity contribution is 0.944. The van der Waals surface area contributed by atoms with Crippen molar-refractivity contribution in [3.05, 3.63) is 65.1 Å². The number of halogens is 1. The second-order valence-corrected chi connectivity index (χ2v) is 6.45. The fourth-order valence-corrected chi connectivity index (χ4v) is 3.30. The number of anilines is 1. The summed E-state index contributed by atoms with van der Waals surface area (Å²) in [7, 11) is 1.82. The molecule has 1 aromatic carbocycles. The van der Waals surface area contributed by atoms with Crippen LogP contribution in [0.3, 0.4) is 0 Å². The maximum atomic E-state index is 9.25. The van der Waals surface area contributed by atoms with Gasteiger partial charge in [0.15, 0.2) is 5.65 Å². The predicted octanol–water partition coefficient (Wildman–Crippen LogP) is 4.33. The average Bonchev–Trinajstić information content (AvgIpc) is 3.05. The molecule has 132 valence electrons. The Hall–Kier alpha value is -3.43. The van der Waals surface area contributed by atoms with E-state index in [-0.39, 0.29) is 0 Å². The van der Waals surface area contributed by atoms with E-state index in [2.05, 4.69) is 21.4 Å². The average molecular weight is 375 g/mol. The topological polar surface area (TPSA) is 78.9 Å². The van der Waals surface area contributed by atoms with Crippen molar-refractivity contribution in [2.75, 3.05) is 12.4 Å². The number of aryl methyl sites for hydroxylation is 1. The summed E-state index contributed by atoms with van der Waals surface area (Å²) in [5.41, 5.74) is 5.36. The number of nitrogens with one attached hydrogen (secondary N) is 1. The fraction of sp³-hybridized carbons (Fsp3) is 0.100. The Morgan fingerprint density at radius 3 is 2.70 bits per heavy atom. The first-order valence-electron chi connectivity index (χ1n) is 8.31. The van der Waals surface area contributed by atoms with Crippen LogP contribution in [0.2, 0.25) is 5.15 Å². The zero-order valence-electron chi connectivity index (χ0n) is 14.7. The molecule has 0 amide bonds. The summed E-state index contributed by atoms with van der Waals surface area (Å²) in [5.74, 6) is 0.734. The highest BCUT2D eigenvalue weighted by atomic mass is 35.5. The molecular weight excluding hydrogens is 360 g/mol. The Morgan fingerprint density at radius 2 is 1.96 bits per heavy atom. The minimum Gasteiger partial charge on any atom is -0.373 e. The molecule has 4 aromatic rings. The molecule has 0 aliphatic heterocycles. The smallest absolute Gasteiger partial charge is 0.165 e. The highest BCUT2D eigenvalue weighted by molar-refractivity contribution is 6.29. The number of hydrogen-bond acceptors (Lipinski definition) is 5. The first-order valence-corrected chi connectivity index (χ1v) is 8.69. The third kappa shape index (κ3) is 3.09. The summed E-state index contributed by atoms with van der Waals surface area (Å²) in [4.78, 5) is 8.93. The first kappa shape index (κ1) is 17.0. The Balaban J connectivity index is 2.07. The van der Waals surface area contributed by atoms with E-state index in [1.165, 1.54) is 0 Å². The number of rotatable bonds is 3. The van der Waals surface area contributed by atoms with Crippen molar-refractivity contribution >= 4 is 23.1 Å². The second-order valence-electron chi connectivity index (χ2n) is 6.07. The van der Waals surface area contributed by atoms with Gasteiger partial charge in [-0.15, -0.1) is 0 Å². The zero-order valence-corrected chi connectivity index (χ0v) is 15.5. The minimum atomic E-state index is 0.408. The molecule has 0 unspecified atom stereocenters. The number of pyridine rings is 1. The summed E-state index contributed by atoms with van der Waals surface area (Å²) in [6, 6.07) is 15.1. The molecule has 0 spiro atoms. The van der Waals surface area contributed by atoms with Crippen LogP contribution in [0.5, 0.6) is 0 Å². The van der Waals surface area contributed by atoms with Crippen LogP contribution < -0.4 is 5.32 Å². The van der Waals surface area contributed by atoms with Gasteiger partial charge in [-0.05, 0) is 42.8 Å². The lowest BCUT2D eigenvalue weighted by atomic mass is 10.00. The lowest BCUT2D eigenvalue weighted by Gasteiger charge is -2.06. The van der Waals surface area contributed by atoms with Gasteiger partial charge in [0.05, 0.1) is 17.2 Å². The van der Waals surface area contributed by atoms with Gasteiger partial charge in [0.2, 0.25) is 0 Å². The van der Waals surface area contributed by atoms with Crippen molar-refractivity contribution in [1.29, 1.82) is 5.26 Å². The highest BCUT2D eigenvalue weighted by Crippen LogP contribution is 2.36. The van der Waals surface area contributed by atoms with Crippen LogP contribution in [0.4, 0.5) is 5.82 Å². The van der Waals surface area contributed by atoms with E-state index in [0.717, 1.165) is 33.9 Å². The molecule has 0 radical (unpaired) electrons. The van der Waals surface area contributed by atoms with E-state index in [9.17, 15) is 5.26 Å². The molecular formula is C20H15ClN6. The molecule has 0 saturated carbocycles. The van der Waals surface area contributed by atoms with Gasteiger partial charge in [0.1, 0.15) is 16.7 Å². The Bertz CT molecular complexity index is 1180. The van der Waals surface area contributed by atoms with Gasteiger partial charge in [-0.1, -0.05) is 23.7 Å². The third-order valence-electron chi connectivity index (χ3n) is 4.22. The predicted molar refractivity (Wildman–Crippen MR) is 106 cm³/mol. The van der Waals surface area contributed by atoms with E-state index in [0.29, 0.717) is 16.4 Å². The van der Waals surface area contributed by atoms with Crippen molar-refractivity contribution in [2.24, 2.45) is 0 Å². The number of nitrogens with zero attached hydrogens (tertiary/aromatic N) is 5. The van der Waals surface area contributed by atoms with E-state index in [4.69, 9.17) is 16.7 Å². The molecule has 0 fully saturated rings. The molecule has 0 atom stereocenters. The molecule has 1 N–H and O–H groups in total.